The summed E-state index contributed by atoms with van der Waals surface area (Å²) in [6.07, 6.45) is 0.599. The standard InChI is InChI=1S/C16H20BrNO2/c1-9(18-14-8-15(19)16(14,2)3)13-7-10-6-11(17)4-5-12(10)20-13/h4-7,9,14-15,18-19H,8H2,1-3H3. The van der Waals surface area contributed by atoms with E-state index in [1.807, 2.05) is 12.1 Å². The molecule has 0 spiro atoms. The summed E-state index contributed by atoms with van der Waals surface area (Å²) in [6, 6.07) is 8.57. The third kappa shape index (κ3) is 2.30. The Morgan fingerprint density at radius 3 is 2.80 bits per heavy atom. The molecule has 1 heterocycles. The van der Waals surface area contributed by atoms with E-state index in [0.717, 1.165) is 27.6 Å². The Kier molecular flexibility index (Phi) is 3.43. The SMILES string of the molecule is CC(NC1CC(O)C1(C)C)c1cc2cc(Br)ccc2o1. The molecule has 0 bridgehead atoms. The first kappa shape index (κ1) is 14.1. The van der Waals surface area contributed by atoms with Gasteiger partial charge in [0.2, 0.25) is 0 Å². The van der Waals surface area contributed by atoms with E-state index >= 15 is 0 Å². The van der Waals surface area contributed by atoms with Gasteiger partial charge in [0, 0.05) is 21.3 Å². The lowest BCUT2D eigenvalue weighted by molar-refractivity contribution is -0.0760. The molecule has 2 aromatic rings. The lowest BCUT2D eigenvalue weighted by Gasteiger charge is -2.50. The fourth-order valence-electron chi connectivity index (χ4n) is 2.82. The van der Waals surface area contributed by atoms with Crippen LogP contribution in [0.2, 0.25) is 0 Å². The van der Waals surface area contributed by atoms with Crippen molar-refractivity contribution in [3.63, 3.8) is 0 Å². The van der Waals surface area contributed by atoms with Gasteiger partial charge in [-0.3, -0.25) is 0 Å². The molecule has 0 radical (unpaired) electrons. The molecule has 1 aromatic carbocycles. The van der Waals surface area contributed by atoms with Gasteiger partial charge in [0.1, 0.15) is 11.3 Å². The summed E-state index contributed by atoms with van der Waals surface area (Å²) < 4.78 is 6.96. The number of halogens is 1. The molecule has 1 saturated carbocycles. The van der Waals surface area contributed by atoms with E-state index in [0.29, 0.717) is 6.04 Å². The summed E-state index contributed by atoms with van der Waals surface area (Å²) in [5.41, 5.74) is 0.841. The van der Waals surface area contributed by atoms with Crippen LogP contribution in [0, 0.1) is 5.41 Å². The van der Waals surface area contributed by atoms with Crippen LogP contribution in [-0.2, 0) is 0 Å². The fraction of sp³-hybridized carbons (Fsp3) is 0.500. The number of nitrogens with one attached hydrogen (secondary N) is 1. The summed E-state index contributed by atoms with van der Waals surface area (Å²) in [6.45, 7) is 6.30. The summed E-state index contributed by atoms with van der Waals surface area (Å²) >= 11 is 3.48. The lowest BCUT2D eigenvalue weighted by atomic mass is 9.64. The molecule has 1 aliphatic rings. The normalized spacial score (nSPS) is 26.4. The van der Waals surface area contributed by atoms with Crippen LogP contribution in [0.25, 0.3) is 11.0 Å². The van der Waals surface area contributed by atoms with Gasteiger partial charge in [0.05, 0.1) is 12.1 Å². The molecule has 20 heavy (non-hydrogen) atoms. The molecule has 3 nitrogen and oxygen atoms in total. The number of fused-ring (bicyclic) bond motifs is 1. The Hall–Kier alpha value is -0.840. The predicted molar refractivity (Wildman–Crippen MR) is 83.7 cm³/mol. The number of rotatable bonds is 3. The van der Waals surface area contributed by atoms with Gasteiger partial charge in [-0.2, -0.15) is 0 Å². The van der Waals surface area contributed by atoms with Crippen molar-refractivity contribution in [1.82, 2.24) is 5.32 Å². The van der Waals surface area contributed by atoms with Crippen LogP contribution in [-0.4, -0.2) is 17.3 Å². The molecule has 1 aliphatic carbocycles. The van der Waals surface area contributed by atoms with E-state index in [4.69, 9.17) is 4.42 Å². The van der Waals surface area contributed by atoms with Crippen molar-refractivity contribution in [2.45, 2.75) is 45.4 Å². The van der Waals surface area contributed by atoms with Crippen LogP contribution in [0.15, 0.2) is 33.2 Å². The van der Waals surface area contributed by atoms with Crippen molar-refractivity contribution in [2.75, 3.05) is 0 Å². The van der Waals surface area contributed by atoms with Crippen LogP contribution in [0.4, 0.5) is 0 Å². The topological polar surface area (TPSA) is 45.4 Å². The summed E-state index contributed by atoms with van der Waals surface area (Å²) in [5, 5.41) is 14.5. The Balaban J connectivity index is 1.77. The first-order valence-electron chi connectivity index (χ1n) is 7.01. The molecule has 1 fully saturated rings. The van der Waals surface area contributed by atoms with E-state index < -0.39 is 0 Å². The number of aliphatic hydroxyl groups excluding tert-OH is 1. The van der Waals surface area contributed by atoms with Gasteiger partial charge in [0.15, 0.2) is 0 Å². The fourth-order valence-corrected chi connectivity index (χ4v) is 3.20. The molecule has 4 heteroatoms. The van der Waals surface area contributed by atoms with Gasteiger partial charge < -0.3 is 14.8 Å². The van der Waals surface area contributed by atoms with E-state index in [-0.39, 0.29) is 17.6 Å². The minimum absolute atomic E-state index is 0.0662. The second kappa shape index (κ2) is 4.86. The second-order valence-corrected chi connectivity index (χ2v) is 7.26. The van der Waals surface area contributed by atoms with Crippen LogP contribution in [0.3, 0.4) is 0 Å². The molecular formula is C16H20BrNO2. The van der Waals surface area contributed by atoms with Gasteiger partial charge >= 0.3 is 0 Å². The molecule has 2 N–H and O–H groups in total. The number of hydrogen-bond donors (Lipinski definition) is 2. The zero-order valence-electron chi connectivity index (χ0n) is 12.0. The Labute approximate surface area is 127 Å². The van der Waals surface area contributed by atoms with Crippen molar-refractivity contribution in [3.05, 3.63) is 34.5 Å². The maximum Gasteiger partial charge on any atom is 0.134 e. The number of aliphatic hydroxyl groups is 1. The van der Waals surface area contributed by atoms with Crippen LogP contribution in [0.1, 0.15) is 39.0 Å². The van der Waals surface area contributed by atoms with E-state index in [2.05, 4.69) is 54.2 Å². The van der Waals surface area contributed by atoms with Gasteiger partial charge in [0.25, 0.3) is 0 Å². The van der Waals surface area contributed by atoms with Gasteiger partial charge in [-0.1, -0.05) is 29.8 Å². The van der Waals surface area contributed by atoms with E-state index in [1.165, 1.54) is 0 Å². The molecule has 1 aromatic heterocycles. The molecule has 0 amide bonds. The van der Waals surface area contributed by atoms with Crippen molar-refractivity contribution in [1.29, 1.82) is 0 Å². The van der Waals surface area contributed by atoms with Crippen molar-refractivity contribution in [3.8, 4) is 0 Å². The largest absolute Gasteiger partial charge is 0.459 e. The van der Waals surface area contributed by atoms with Crippen LogP contribution < -0.4 is 5.32 Å². The second-order valence-electron chi connectivity index (χ2n) is 6.34. The highest BCUT2D eigenvalue weighted by Gasteiger charge is 2.47. The minimum Gasteiger partial charge on any atom is -0.459 e. The van der Waals surface area contributed by atoms with Crippen LogP contribution in [0.5, 0.6) is 0 Å². The lowest BCUT2D eigenvalue weighted by Crippen LogP contribution is -2.60. The third-order valence-corrected chi connectivity index (χ3v) is 5.08. The Morgan fingerprint density at radius 1 is 1.40 bits per heavy atom. The maximum atomic E-state index is 9.81. The monoisotopic (exact) mass is 337 g/mol. The Morgan fingerprint density at radius 2 is 2.15 bits per heavy atom. The van der Waals surface area contributed by atoms with Crippen molar-refractivity contribution < 1.29 is 9.52 Å². The molecule has 3 atom stereocenters. The predicted octanol–water partition coefficient (Wildman–Crippen LogP) is 4.01. The average Bonchev–Trinajstić information content (AvgIpc) is 2.81. The van der Waals surface area contributed by atoms with Crippen molar-refractivity contribution in [2.24, 2.45) is 5.41 Å². The highest BCUT2D eigenvalue weighted by atomic mass is 79.9. The van der Waals surface area contributed by atoms with E-state index in [9.17, 15) is 5.11 Å². The summed E-state index contributed by atoms with van der Waals surface area (Å²) in [7, 11) is 0. The quantitative estimate of drug-likeness (QED) is 0.889. The van der Waals surface area contributed by atoms with Crippen LogP contribution >= 0.6 is 15.9 Å². The maximum absolute atomic E-state index is 9.81. The van der Waals surface area contributed by atoms with Gasteiger partial charge in [-0.05, 0) is 37.6 Å². The zero-order chi connectivity index (χ0) is 14.5. The summed E-state index contributed by atoms with van der Waals surface area (Å²) in [5.74, 6) is 0.940. The molecule has 108 valence electrons. The van der Waals surface area contributed by atoms with E-state index in [1.54, 1.807) is 0 Å². The molecule has 3 unspecified atom stereocenters. The molecule has 3 rings (SSSR count). The van der Waals surface area contributed by atoms with Gasteiger partial charge in [-0.25, -0.2) is 0 Å². The van der Waals surface area contributed by atoms with Crippen molar-refractivity contribution >= 4 is 26.9 Å². The number of furan rings is 1. The summed E-state index contributed by atoms with van der Waals surface area (Å²) in [4.78, 5) is 0. The Bertz CT molecular complexity index is 634. The number of hydrogen-bond acceptors (Lipinski definition) is 3. The first-order valence-corrected chi connectivity index (χ1v) is 7.80. The smallest absolute Gasteiger partial charge is 0.134 e. The highest BCUT2D eigenvalue weighted by Crippen LogP contribution is 2.41. The molecule has 0 saturated heterocycles. The zero-order valence-corrected chi connectivity index (χ0v) is 13.6. The highest BCUT2D eigenvalue weighted by molar-refractivity contribution is 9.10. The number of benzene rings is 1. The van der Waals surface area contributed by atoms with Gasteiger partial charge in [-0.15, -0.1) is 0 Å². The molecule has 0 aliphatic heterocycles. The molecular weight excluding hydrogens is 318 g/mol. The first-order chi connectivity index (χ1) is 9.38. The minimum atomic E-state index is -0.209. The average molecular weight is 338 g/mol. The third-order valence-electron chi connectivity index (χ3n) is 4.59.